The van der Waals surface area contributed by atoms with Gasteiger partial charge in [0.15, 0.2) is 5.78 Å². The van der Waals surface area contributed by atoms with Crippen LogP contribution < -0.4 is 11.1 Å². The summed E-state index contributed by atoms with van der Waals surface area (Å²) in [6, 6.07) is 6.62. The molecule has 0 aliphatic heterocycles. The fraction of sp³-hybridized carbons (Fsp3) is 0.267. The minimum atomic E-state index is -0.245. The number of carbonyl (C=O) groups is 1. The number of Topliss-reactive ketones (excluding diaryl/α,β-unsaturated/α-hetero) is 1. The van der Waals surface area contributed by atoms with Crippen molar-refractivity contribution < 1.29 is 9.18 Å². The molecule has 3 N–H and O–H groups in total. The largest absolute Gasteiger partial charge is 0.396 e. The van der Waals surface area contributed by atoms with E-state index in [0.29, 0.717) is 29.1 Å². The summed E-state index contributed by atoms with van der Waals surface area (Å²) >= 11 is 2.83. The fourth-order valence-corrected chi connectivity index (χ4v) is 3.97. The van der Waals surface area contributed by atoms with E-state index < -0.39 is 0 Å². The topological polar surface area (TPSA) is 55.1 Å². The van der Waals surface area contributed by atoms with E-state index in [-0.39, 0.29) is 11.6 Å². The first kappa shape index (κ1) is 15.9. The highest BCUT2D eigenvalue weighted by Crippen LogP contribution is 2.42. The molecule has 0 aliphatic carbocycles. The number of nitrogen functional groups attached to an aromatic ring is 1. The number of nitrogens with two attached hydrogens (primary N) is 1. The molecule has 2 rings (SSSR count). The van der Waals surface area contributed by atoms with Gasteiger partial charge in [0.25, 0.3) is 0 Å². The molecule has 1 heterocycles. The molecule has 0 radical (unpaired) electrons. The summed E-state index contributed by atoms with van der Waals surface area (Å²) in [6.07, 6.45) is 2.33. The zero-order valence-electron chi connectivity index (χ0n) is 11.9. The average molecular weight is 324 g/mol. The lowest BCUT2D eigenvalue weighted by molar-refractivity contribution is 0.0992. The van der Waals surface area contributed by atoms with Gasteiger partial charge in [-0.15, -0.1) is 23.1 Å². The maximum Gasteiger partial charge on any atom is 0.174 e. The Labute approximate surface area is 131 Å². The molecule has 6 heteroatoms. The molecule has 112 valence electrons. The van der Waals surface area contributed by atoms with Gasteiger partial charge in [-0.25, -0.2) is 4.39 Å². The number of rotatable bonds is 6. The molecule has 0 fully saturated rings. The molecule has 2 aromatic rings. The van der Waals surface area contributed by atoms with E-state index in [4.69, 9.17) is 5.73 Å². The maximum absolute atomic E-state index is 13.6. The van der Waals surface area contributed by atoms with Crippen LogP contribution in [-0.4, -0.2) is 12.0 Å². The Morgan fingerprint density at radius 2 is 2.14 bits per heavy atom. The van der Waals surface area contributed by atoms with Gasteiger partial charge in [0.2, 0.25) is 0 Å². The van der Waals surface area contributed by atoms with E-state index in [0.717, 1.165) is 9.90 Å². The van der Waals surface area contributed by atoms with Gasteiger partial charge in [-0.2, -0.15) is 0 Å². The number of anilines is 2. The molecule has 0 bridgehead atoms. The van der Waals surface area contributed by atoms with E-state index in [1.54, 1.807) is 18.2 Å². The number of halogens is 1. The van der Waals surface area contributed by atoms with E-state index in [2.05, 4.69) is 5.32 Å². The van der Waals surface area contributed by atoms with Crippen molar-refractivity contribution >= 4 is 39.6 Å². The third kappa shape index (κ3) is 3.39. The first-order valence-electron chi connectivity index (χ1n) is 6.55. The molecule has 0 amide bonds. The Morgan fingerprint density at radius 1 is 1.43 bits per heavy atom. The van der Waals surface area contributed by atoms with Crippen LogP contribution in [0.15, 0.2) is 29.2 Å². The smallest absolute Gasteiger partial charge is 0.174 e. The Hall–Kier alpha value is -1.53. The Balaban J connectivity index is 2.24. The molecule has 0 saturated carbocycles. The summed E-state index contributed by atoms with van der Waals surface area (Å²) in [7, 11) is 0. The minimum Gasteiger partial charge on any atom is -0.396 e. The number of ketones is 1. The van der Waals surface area contributed by atoms with Crippen molar-refractivity contribution in [1.82, 2.24) is 0 Å². The minimum absolute atomic E-state index is 0.0340. The van der Waals surface area contributed by atoms with Crippen LogP contribution in [0.25, 0.3) is 0 Å². The summed E-state index contributed by atoms with van der Waals surface area (Å²) in [4.78, 5) is 13.3. The SMILES string of the molecule is CCC(=O)c1sc(NCc2ccccc2F)c(SC)c1N. The Kier molecular flexibility index (Phi) is 5.25. The van der Waals surface area contributed by atoms with Gasteiger partial charge in [-0.05, 0) is 12.3 Å². The highest BCUT2D eigenvalue weighted by Gasteiger charge is 2.19. The van der Waals surface area contributed by atoms with Crippen LogP contribution in [0.2, 0.25) is 0 Å². The highest BCUT2D eigenvalue weighted by molar-refractivity contribution is 7.99. The molecule has 0 saturated heterocycles. The van der Waals surface area contributed by atoms with E-state index in [1.807, 2.05) is 13.2 Å². The van der Waals surface area contributed by atoms with E-state index in [1.165, 1.54) is 29.2 Å². The van der Waals surface area contributed by atoms with Crippen LogP contribution in [0.4, 0.5) is 15.1 Å². The number of hydrogen-bond acceptors (Lipinski definition) is 5. The summed E-state index contributed by atoms with van der Waals surface area (Å²) in [5.74, 6) is -0.211. The fourth-order valence-electron chi connectivity index (χ4n) is 1.93. The Bertz CT molecular complexity index is 655. The van der Waals surface area contributed by atoms with Crippen LogP contribution in [-0.2, 0) is 6.54 Å². The molecule has 0 spiro atoms. The average Bonchev–Trinajstić information content (AvgIpc) is 2.81. The summed E-state index contributed by atoms with van der Waals surface area (Å²) in [6.45, 7) is 2.17. The van der Waals surface area contributed by atoms with Crippen molar-refractivity contribution in [3.63, 3.8) is 0 Å². The summed E-state index contributed by atoms with van der Waals surface area (Å²) < 4.78 is 13.6. The molecule has 3 nitrogen and oxygen atoms in total. The van der Waals surface area contributed by atoms with Crippen molar-refractivity contribution in [2.75, 3.05) is 17.3 Å². The lowest BCUT2D eigenvalue weighted by atomic mass is 10.2. The molecule has 1 aromatic heterocycles. The van der Waals surface area contributed by atoms with Crippen molar-refractivity contribution in [1.29, 1.82) is 0 Å². The molecular weight excluding hydrogens is 307 g/mol. The molecule has 0 aliphatic rings. The normalized spacial score (nSPS) is 10.6. The highest BCUT2D eigenvalue weighted by atomic mass is 32.2. The molecular formula is C15H17FN2OS2. The first-order valence-corrected chi connectivity index (χ1v) is 8.59. The number of carbonyl (C=O) groups excluding carboxylic acids is 1. The number of thioether (sulfide) groups is 1. The standard InChI is InChI=1S/C15H17FN2OS2/c1-3-11(19)13-12(17)14(20-2)15(21-13)18-8-9-6-4-5-7-10(9)16/h4-7,18H,3,8,17H2,1-2H3. The van der Waals surface area contributed by atoms with Crippen LogP contribution in [0.5, 0.6) is 0 Å². The lowest BCUT2D eigenvalue weighted by Crippen LogP contribution is -2.01. The molecule has 21 heavy (non-hydrogen) atoms. The van der Waals surface area contributed by atoms with Crippen molar-refractivity contribution in [3.05, 3.63) is 40.5 Å². The maximum atomic E-state index is 13.6. The first-order chi connectivity index (χ1) is 10.1. The van der Waals surface area contributed by atoms with Crippen molar-refractivity contribution in [2.45, 2.75) is 24.8 Å². The van der Waals surface area contributed by atoms with Crippen LogP contribution >= 0.6 is 23.1 Å². The van der Waals surface area contributed by atoms with Crippen molar-refractivity contribution in [3.8, 4) is 0 Å². The molecule has 1 aromatic carbocycles. The predicted molar refractivity (Wildman–Crippen MR) is 88.9 cm³/mol. The number of nitrogens with one attached hydrogen (secondary N) is 1. The molecule has 0 atom stereocenters. The van der Waals surface area contributed by atoms with Gasteiger partial charge in [-0.1, -0.05) is 25.1 Å². The van der Waals surface area contributed by atoms with Gasteiger partial charge < -0.3 is 11.1 Å². The van der Waals surface area contributed by atoms with Gasteiger partial charge in [0.05, 0.1) is 15.5 Å². The number of hydrogen-bond donors (Lipinski definition) is 2. The lowest BCUT2D eigenvalue weighted by Gasteiger charge is -2.07. The van der Waals surface area contributed by atoms with E-state index >= 15 is 0 Å². The van der Waals surface area contributed by atoms with Crippen LogP contribution in [0, 0.1) is 5.82 Å². The zero-order valence-corrected chi connectivity index (χ0v) is 13.5. The summed E-state index contributed by atoms with van der Waals surface area (Å²) in [5, 5.41) is 4.01. The second-order valence-electron chi connectivity index (χ2n) is 4.43. The quantitative estimate of drug-likeness (QED) is 0.611. The van der Waals surface area contributed by atoms with Gasteiger partial charge in [0, 0.05) is 18.5 Å². The van der Waals surface area contributed by atoms with Crippen LogP contribution in [0.3, 0.4) is 0 Å². The van der Waals surface area contributed by atoms with Gasteiger partial charge in [-0.3, -0.25) is 4.79 Å². The van der Waals surface area contributed by atoms with E-state index in [9.17, 15) is 9.18 Å². The van der Waals surface area contributed by atoms with Gasteiger partial charge >= 0.3 is 0 Å². The monoisotopic (exact) mass is 324 g/mol. The van der Waals surface area contributed by atoms with Gasteiger partial charge in [0.1, 0.15) is 10.8 Å². The zero-order chi connectivity index (χ0) is 15.4. The summed E-state index contributed by atoms with van der Waals surface area (Å²) in [5.41, 5.74) is 7.15. The number of benzene rings is 1. The third-order valence-corrected chi connectivity index (χ3v) is 5.24. The third-order valence-electron chi connectivity index (χ3n) is 3.08. The van der Waals surface area contributed by atoms with Crippen LogP contribution in [0.1, 0.15) is 28.6 Å². The predicted octanol–water partition coefficient (Wildman–Crippen LogP) is 4.40. The second kappa shape index (κ2) is 6.95. The second-order valence-corrected chi connectivity index (χ2v) is 6.27. The van der Waals surface area contributed by atoms with Crippen molar-refractivity contribution in [2.24, 2.45) is 0 Å². The molecule has 0 unspecified atom stereocenters. The Morgan fingerprint density at radius 3 is 2.76 bits per heavy atom. The number of thiophene rings is 1.